The maximum absolute atomic E-state index is 12.6. The van der Waals surface area contributed by atoms with Crippen molar-refractivity contribution >= 4 is 22.3 Å². The topological polar surface area (TPSA) is 97.7 Å². The van der Waals surface area contributed by atoms with Gasteiger partial charge in [-0.25, -0.2) is 9.67 Å². The fraction of sp³-hybridized carbons (Fsp3) is 0.318. The number of rotatable bonds is 5. The molecule has 0 saturated carbocycles. The molecule has 0 saturated heterocycles. The lowest BCUT2D eigenvalue weighted by molar-refractivity contribution is -0.119. The summed E-state index contributed by atoms with van der Waals surface area (Å²) >= 11 is 0. The first-order chi connectivity index (χ1) is 14.0. The molecule has 1 aliphatic carbocycles. The second-order valence-electron chi connectivity index (χ2n) is 7.62. The van der Waals surface area contributed by atoms with Crippen LogP contribution >= 0.6 is 0 Å². The Labute approximate surface area is 167 Å². The molecule has 7 nitrogen and oxygen atoms in total. The molecule has 0 bridgehead atoms. The van der Waals surface area contributed by atoms with Crippen molar-refractivity contribution in [3.63, 3.8) is 0 Å². The Hall–Kier alpha value is -3.35. The second-order valence-corrected chi connectivity index (χ2v) is 7.62. The summed E-state index contributed by atoms with van der Waals surface area (Å²) in [5.74, 6) is 0.533. The number of carbonyl (C=O) groups excluding carboxylic acids is 1. The fourth-order valence-corrected chi connectivity index (χ4v) is 3.61. The number of ketones is 1. The number of hydrogen-bond donors (Lipinski definition) is 1. The van der Waals surface area contributed by atoms with E-state index in [0.29, 0.717) is 16.8 Å². The summed E-state index contributed by atoms with van der Waals surface area (Å²) in [6, 6.07) is 8.32. The standard InChI is InChI=1S/C22H22N4O3/c1-14-2-5-16(6-3-14)19-8-9-21(28)26(25-19)12-17(27)10-15-4-7-18-20(11-15)23-13-24-22(18)29/h4-5,7-9,11,13-14H,2-3,6,10,12H2,1H3,(H,23,24,29). The fourth-order valence-electron chi connectivity index (χ4n) is 3.61. The first-order valence-corrected chi connectivity index (χ1v) is 9.75. The van der Waals surface area contributed by atoms with Gasteiger partial charge >= 0.3 is 0 Å². The van der Waals surface area contributed by atoms with E-state index in [1.807, 2.05) is 0 Å². The van der Waals surface area contributed by atoms with Gasteiger partial charge in [-0.1, -0.05) is 19.1 Å². The molecule has 1 unspecified atom stereocenters. The van der Waals surface area contributed by atoms with E-state index in [-0.39, 0.29) is 29.9 Å². The molecule has 1 aromatic carbocycles. The van der Waals surface area contributed by atoms with Crippen LogP contribution in [0.1, 0.15) is 37.4 Å². The Morgan fingerprint density at radius 1 is 1.24 bits per heavy atom. The first kappa shape index (κ1) is 19.0. The van der Waals surface area contributed by atoms with Crippen LogP contribution in [0.5, 0.6) is 0 Å². The Bertz CT molecular complexity index is 1220. The number of nitrogens with zero attached hydrogens (tertiary/aromatic N) is 3. The monoisotopic (exact) mass is 390 g/mol. The minimum Gasteiger partial charge on any atom is -0.313 e. The minimum absolute atomic E-state index is 0.0861. The van der Waals surface area contributed by atoms with Gasteiger partial charge in [0.2, 0.25) is 0 Å². The van der Waals surface area contributed by atoms with Crippen molar-refractivity contribution in [2.24, 2.45) is 5.92 Å². The van der Waals surface area contributed by atoms with Crippen LogP contribution in [0.2, 0.25) is 0 Å². The van der Waals surface area contributed by atoms with E-state index in [0.717, 1.165) is 36.1 Å². The van der Waals surface area contributed by atoms with E-state index in [4.69, 9.17) is 0 Å². The Morgan fingerprint density at radius 2 is 2.10 bits per heavy atom. The molecule has 29 heavy (non-hydrogen) atoms. The van der Waals surface area contributed by atoms with Crippen molar-refractivity contribution < 1.29 is 4.79 Å². The molecule has 1 aliphatic rings. The second kappa shape index (κ2) is 7.95. The number of carbonyl (C=O) groups is 1. The smallest absolute Gasteiger partial charge is 0.267 e. The van der Waals surface area contributed by atoms with Crippen LogP contribution in [0.25, 0.3) is 16.5 Å². The average molecular weight is 390 g/mol. The highest BCUT2D eigenvalue weighted by Crippen LogP contribution is 2.28. The molecular weight excluding hydrogens is 368 g/mol. The molecule has 2 heterocycles. The van der Waals surface area contributed by atoms with E-state index >= 15 is 0 Å². The molecule has 7 heteroatoms. The number of aromatic nitrogens is 4. The first-order valence-electron chi connectivity index (χ1n) is 9.75. The maximum Gasteiger partial charge on any atom is 0.267 e. The summed E-state index contributed by atoms with van der Waals surface area (Å²) in [5.41, 5.74) is 2.67. The van der Waals surface area contributed by atoms with Gasteiger partial charge in [-0.3, -0.25) is 14.4 Å². The van der Waals surface area contributed by atoms with Gasteiger partial charge in [-0.15, -0.1) is 0 Å². The molecule has 0 amide bonds. The Kier molecular flexibility index (Phi) is 5.20. The van der Waals surface area contributed by atoms with Gasteiger partial charge in [-0.2, -0.15) is 5.10 Å². The van der Waals surface area contributed by atoms with Crippen molar-refractivity contribution in [2.45, 2.75) is 39.2 Å². The highest BCUT2D eigenvalue weighted by Gasteiger charge is 2.15. The van der Waals surface area contributed by atoms with Crippen LogP contribution in [0, 0.1) is 5.92 Å². The zero-order valence-electron chi connectivity index (χ0n) is 16.2. The minimum atomic E-state index is -0.293. The lowest BCUT2D eigenvalue weighted by Gasteiger charge is -2.18. The molecule has 0 aliphatic heterocycles. The number of H-pyrrole nitrogens is 1. The highest BCUT2D eigenvalue weighted by atomic mass is 16.1. The normalized spacial score (nSPS) is 16.6. The molecule has 4 rings (SSSR count). The van der Waals surface area contributed by atoms with Crippen molar-refractivity contribution in [2.75, 3.05) is 0 Å². The molecule has 0 spiro atoms. The maximum atomic E-state index is 12.6. The number of Topliss-reactive ketones (excluding diaryl/α,β-unsaturated/α-hetero) is 1. The van der Waals surface area contributed by atoms with E-state index in [2.05, 4.69) is 28.1 Å². The molecule has 1 N–H and O–H groups in total. The molecule has 0 fully saturated rings. The van der Waals surface area contributed by atoms with Crippen LogP contribution in [0.15, 0.2) is 52.3 Å². The van der Waals surface area contributed by atoms with Gasteiger partial charge in [0.1, 0.15) is 6.54 Å². The average Bonchev–Trinajstić information content (AvgIpc) is 2.70. The SMILES string of the molecule is CC1CC=C(c2ccc(=O)n(CC(=O)Cc3ccc4c(=O)[nH]cnc4c3)n2)CC1. The van der Waals surface area contributed by atoms with Gasteiger partial charge < -0.3 is 4.98 Å². The number of fused-ring (bicyclic) bond motifs is 1. The lowest BCUT2D eigenvalue weighted by atomic mass is 9.90. The number of aromatic amines is 1. The predicted octanol–water partition coefficient (Wildman–Crippen LogP) is 2.50. The lowest BCUT2D eigenvalue weighted by Crippen LogP contribution is -2.27. The van der Waals surface area contributed by atoms with Crippen LogP contribution in [0.3, 0.4) is 0 Å². The van der Waals surface area contributed by atoms with E-state index < -0.39 is 0 Å². The summed E-state index contributed by atoms with van der Waals surface area (Å²) in [7, 11) is 0. The predicted molar refractivity (Wildman–Crippen MR) is 111 cm³/mol. The zero-order chi connectivity index (χ0) is 20.4. The molecule has 0 radical (unpaired) electrons. The third-order valence-corrected chi connectivity index (χ3v) is 5.30. The van der Waals surface area contributed by atoms with Crippen LogP contribution in [-0.4, -0.2) is 25.5 Å². The third kappa shape index (κ3) is 4.23. The molecule has 1 atom stereocenters. The van der Waals surface area contributed by atoms with Gasteiger partial charge in [-0.05, 0) is 54.5 Å². The number of benzene rings is 1. The summed E-state index contributed by atoms with van der Waals surface area (Å²) in [6.07, 6.45) is 6.70. The quantitative estimate of drug-likeness (QED) is 0.722. The van der Waals surface area contributed by atoms with Gasteiger partial charge in [0, 0.05) is 12.5 Å². The third-order valence-electron chi connectivity index (χ3n) is 5.30. The number of allylic oxidation sites excluding steroid dienone is 2. The number of hydrogen-bond acceptors (Lipinski definition) is 5. The van der Waals surface area contributed by atoms with Gasteiger partial charge in [0.05, 0.1) is 22.9 Å². The highest BCUT2D eigenvalue weighted by molar-refractivity contribution is 5.83. The van der Waals surface area contributed by atoms with Crippen molar-refractivity contribution in [1.82, 2.24) is 19.7 Å². The summed E-state index contributed by atoms with van der Waals surface area (Å²) in [6.45, 7) is 2.13. The summed E-state index contributed by atoms with van der Waals surface area (Å²) in [4.78, 5) is 43.2. The van der Waals surface area contributed by atoms with Crippen molar-refractivity contribution in [1.29, 1.82) is 0 Å². The van der Waals surface area contributed by atoms with E-state index in [1.54, 1.807) is 24.3 Å². The van der Waals surface area contributed by atoms with E-state index in [9.17, 15) is 14.4 Å². The largest absolute Gasteiger partial charge is 0.313 e. The molecule has 148 valence electrons. The Morgan fingerprint density at radius 3 is 2.90 bits per heavy atom. The molecule has 3 aromatic rings. The summed E-state index contributed by atoms with van der Waals surface area (Å²) in [5, 5.41) is 4.90. The summed E-state index contributed by atoms with van der Waals surface area (Å²) < 4.78 is 1.24. The van der Waals surface area contributed by atoms with Gasteiger partial charge in [0.15, 0.2) is 5.78 Å². The zero-order valence-corrected chi connectivity index (χ0v) is 16.2. The van der Waals surface area contributed by atoms with Crippen LogP contribution < -0.4 is 11.1 Å². The number of nitrogens with one attached hydrogen (secondary N) is 1. The molecule has 2 aromatic heterocycles. The van der Waals surface area contributed by atoms with Crippen molar-refractivity contribution in [3.05, 3.63) is 74.7 Å². The van der Waals surface area contributed by atoms with Gasteiger partial charge in [0.25, 0.3) is 11.1 Å². The molecular formula is C22H22N4O3. The van der Waals surface area contributed by atoms with Crippen LogP contribution in [0.4, 0.5) is 0 Å². The van der Waals surface area contributed by atoms with Crippen LogP contribution in [-0.2, 0) is 17.8 Å². The Balaban J connectivity index is 1.52. The van der Waals surface area contributed by atoms with E-state index in [1.165, 1.54) is 17.1 Å². The van der Waals surface area contributed by atoms with Crippen molar-refractivity contribution in [3.8, 4) is 0 Å².